The standard InChI is InChI=1S/C25H30O3/c1-5-6-16-25(23(26)28-24(2,3)4)17-10-15-22(27-18-25)21-14-9-12-19-11-7-8-13-20(19)21/h5-9,11-15H,10,16-18H2,1-4H3/b6-5+/t25-/m1/s1. The fourth-order valence-corrected chi connectivity index (χ4v) is 3.59. The van der Waals surface area contributed by atoms with E-state index < -0.39 is 11.0 Å². The Labute approximate surface area is 168 Å². The number of benzene rings is 2. The van der Waals surface area contributed by atoms with Gasteiger partial charge in [-0.25, -0.2) is 0 Å². The zero-order chi connectivity index (χ0) is 20.2. The number of allylic oxidation sites excluding steroid dienone is 3. The molecule has 0 saturated heterocycles. The zero-order valence-electron chi connectivity index (χ0n) is 17.3. The minimum absolute atomic E-state index is 0.175. The van der Waals surface area contributed by atoms with Gasteiger partial charge in [-0.3, -0.25) is 4.79 Å². The van der Waals surface area contributed by atoms with E-state index in [1.165, 1.54) is 5.39 Å². The highest BCUT2D eigenvalue weighted by Gasteiger charge is 2.42. The average molecular weight is 379 g/mol. The van der Waals surface area contributed by atoms with Gasteiger partial charge in [-0.1, -0.05) is 54.6 Å². The fraction of sp³-hybridized carbons (Fsp3) is 0.400. The molecule has 0 amide bonds. The quantitative estimate of drug-likeness (QED) is 0.463. The van der Waals surface area contributed by atoms with Gasteiger partial charge in [0.05, 0.1) is 0 Å². The Morgan fingerprint density at radius 1 is 1.18 bits per heavy atom. The van der Waals surface area contributed by atoms with Gasteiger partial charge in [0.2, 0.25) is 0 Å². The maximum absolute atomic E-state index is 13.1. The first kappa shape index (κ1) is 20.2. The minimum atomic E-state index is -0.664. The average Bonchev–Trinajstić information content (AvgIpc) is 2.88. The second-order valence-electron chi connectivity index (χ2n) is 8.48. The van der Waals surface area contributed by atoms with Crippen LogP contribution >= 0.6 is 0 Å². The van der Waals surface area contributed by atoms with Gasteiger partial charge in [0.25, 0.3) is 0 Å². The van der Waals surface area contributed by atoms with E-state index in [9.17, 15) is 4.79 Å². The smallest absolute Gasteiger partial charge is 0.316 e. The molecule has 0 aliphatic carbocycles. The fourth-order valence-electron chi connectivity index (χ4n) is 3.59. The Balaban J connectivity index is 1.89. The molecule has 28 heavy (non-hydrogen) atoms. The summed E-state index contributed by atoms with van der Waals surface area (Å²) in [5, 5.41) is 2.34. The van der Waals surface area contributed by atoms with E-state index in [4.69, 9.17) is 9.47 Å². The summed E-state index contributed by atoms with van der Waals surface area (Å²) in [6, 6.07) is 14.5. The number of hydrogen-bond acceptors (Lipinski definition) is 3. The predicted octanol–water partition coefficient (Wildman–Crippen LogP) is 6.29. The molecule has 0 aromatic heterocycles. The summed E-state index contributed by atoms with van der Waals surface area (Å²) < 4.78 is 12.0. The van der Waals surface area contributed by atoms with E-state index in [-0.39, 0.29) is 5.97 Å². The van der Waals surface area contributed by atoms with Crippen LogP contribution in [0.5, 0.6) is 0 Å². The third-order valence-corrected chi connectivity index (χ3v) is 5.09. The van der Waals surface area contributed by atoms with Gasteiger partial charge in [0.15, 0.2) is 0 Å². The van der Waals surface area contributed by atoms with Crippen molar-refractivity contribution in [3.05, 3.63) is 66.3 Å². The molecule has 0 saturated carbocycles. The van der Waals surface area contributed by atoms with Crippen molar-refractivity contribution < 1.29 is 14.3 Å². The highest BCUT2D eigenvalue weighted by molar-refractivity contribution is 5.92. The molecule has 0 radical (unpaired) electrons. The van der Waals surface area contributed by atoms with Crippen molar-refractivity contribution in [1.82, 2.24) is 0 Å². The first-order valence-electron chi connectivity index (χ1n) is 10.0. The number of ether oxygens (including phenoxy) is 2. The van der Waals surface area contributed by atoms with Gasteiger partial charge in [-0.15, -0.1) is 0 Å². The van der Waals surface area contributed by atoms with E-state index in [0.29, 0.717) is 19.4 Å². The van der Waals surface area contributed by atoms with Gasteiger partial charge in [-0.05, 0) is 63.8 Å². The van der Waals surface area contributed by atoms with Crippen molar-refractivity contribution in [1.29, 1.82) is 0 Å². The van der Waals surface area contributed by atoms with E-state index in [0.717, 1.165) is 23.1 Å². The van der Waals surface area contributed by atoms with Crippen LogP contribution in [0.2, 0.25) is 0 Å². The summed E-state index contributed by atoms with van der Waals surface area (Å²) in [6.07, 6.45) is 8.24. The molecule has 0 N–H and O–H groups in total. The highest BCUT2D eigenvalue weighted by atomic mass is 16.6. The van der Waals surface area contributed by atoms with Crippen molar-refractivity contribution in [3.8, 4) is 0 Å². The summed E-state index contributed by atoms with van der Waals surface area (Å²) in [5.41, 5.74) is -0.106. The predicted molar refractivity (Wildman–Crippen MR) is 115 cm³/mol. The van der Waals surface area contributed by atoms with Crippen molar-refractivity contribution in [3.63, 3.8) is 0 Å². The monoisotopic (exact) mass is 378 g/mol. The lowest BCUT2D eigenvalue weighted by Crippen LogP contribution is -2.40. The second-order valence-corrected chi connectivity index (χ2v) is 8.48. The lowest BCUT2D eigenvalue weighted by Gasteiger charge is -2.32. The molecule has 3 heteroatoms. The Kier molecular flexibility index (Phi) is 5.93. The van der Waals surface area contributed by atoms with E-state index in [1.54, 1.807) is 0 Å². The lowest BCUT2D eigenvalue weighted by molar-refractivity contribution is -0.170. The van der Waals surface area contributed by atoms with Gasteiger partial charge in [-0.2, -0.15) is 0 Å². The molecule has 1 heterocycles. The van der Waals surface area contributed by atoms with Gasteiger partial charge in [0, 0.05) is 5.56 Å². The van der Waals surface area contributed by atoms with Gasteiger partial charge >= 0.3 is 5.97 Å². The zero-order valence-corrected chi connectivity index (χ0v) is 17.3. The molecule has 3 rings (SSSR count). The first-order chi connectivity index (χ1) is 13.3. The molecule has 2 aromatic carbocycles. The summed E-state index contributed by atoms with van der Waals surface area (Å²) >= 11 is 0. The van der Waals surface area contributed by atoms with Crippen molar-refractivity contribution in [2.75, 3.05) is 6.61 Å². The molecular weight excluding hydrogens is 348 g/mol. The third kappa shape index (κ3) is 4.46. The number of carbonyl (C=O) groups excluding carboxylic acids is 1. The summed E-state index contributed by atoms with van der Waals surface area (Å²) in [6.45, 7) is 8.02. The SMILES string of the molecule is C/C=C/C[C@@]1(C(=O)OC(C)(C)C)CCC=C(c2cccc3ccccc23)OC1. The van der Waals surface area contributed by atoms with Crippen molar-refractivity contribution in [2.45, 2.75) is 52.6 Å². The maximum Gasteiger partial charge on any atom is 0.316 e. The molecule has 0 unspecified atom stereocenters. The van der Waals surface area contributed by atoms with Gasteiger partial charge in [0.1, 0.15) is 23.4 Å². The molecule has 148 valence electrons. The van der Waals surface area contributed by atoms with Crippen LogP contribution < -0.4 is 0 Å². The summed E-state index contributed by atoms with van der Waals surface area (Å²) in [7, 11) is 0. The van der Waals surface area contributed by atoms with Crippen LogP contribution in [0.3, 0.4) is 0 Å². The molecule has 2 aromatic rings. The first-order valence-corrected chi connectivity index (χ1v) is 10.0. The highest BCUT2D eigenvalue weighted by Crippen LogP contribution is 2.38. The Hall–Kier alpha value is -2.55. The van der Waals surface area contributed by atoms with Crippen LogP contribution in [0.25, 0.3) is 16.5 Å². The summed E-state index contributed by atoms with van der Waals surface area (Å²) in [4.78, 5) is 13.1. The largest absolute Gasteiger partial charge is 0.492 e. The molecule has 0 spiro atoms. The van der Waals surface area contributed by atoms with Crippen LogP contribution in [0.15, 0.2) is 60.7 Å². The van der Waals surface area contributed by atoms with Crippen LogP contribution in [0, 0.1) is 5.41 Å². The van der Waals surface area contributed by atoms with Crippen LogP contribution in [0.1, 0.15) is 52.5 Å². The topological polar surface area (TPSA) is 35.5 Å². The summed E-state index contributed by atoms with van der Waals surface area (Å²) in [5.74, 6) is 0.674. The molecule has 1 atom stereocenters. The van der Waals surface area contributed by atoms with E-state index in [2.05, 4.69) is 30.3 Å². The lowest BCUT2D eigenvalue weighted by atomic mass is 9.80. The Morgan fingerprint density at radius 3 is 2.68 bits per heavy atom. The number of fused-ring (bicyclic) bond motifs is 1. The van der Waals surface area contributed by atoms with Crippen LogP contribution in [-0.2, 0) is 14.3 Å². The van der Waals surface area contributed by atoms with Crippen LogP contribution in [-0.4, -0.2) is 18.2 Å². The minimum Gasteiger partial charge on any atom is -0.492 e. The number of rotatable bonds is 4. The second kappa shape index (κ2) is 8.22. The molecule has 0 fully saturated rings. The molecule has 1 aliphatic rings. The molecule has 0 bridgehead atoms. The number of hydrogen-bond donors (Lipinski definition) is 0. The number of carbonyl (C=O) groups is 1. The Bertz CT molecular complexity index is 896. The van der Waals surface area contributed by atoms with E-state index in [1.807, 2.05) is 58.0 Å². The molecule has 1 aliphatic heterocycles. The van der Waals surface area contributed by atoms with Gasteiger partial charge < -0.3 is 9.47 Å². The molecular formula is C25H30O3. The maximum atomic E-state index is 13.1. The van der Waals surface area contributed by atoms with Crippen LogP contribution in [0.4, 0.5) is 0 Å². The normalized spacial score (nSPS) is 20.5. The Morgan fingerprint density at radius 2 is 1.93 bits per heavy atom. The van der Waals surface area contributed by atoms with Crippen molar-refractivity contribution in [2.24, 2.45) is 5.41 Å². The third-order valence-electron chi connectivity index (χ3n) is 5.09. The molecule has 3 nitrogen and oxygen atoms in total. The van der Waals surface area contributed by atoms with Crippen molar-refractivity contribution >= 4 is 22.5 Å². The van der Waals surface area contributed by atoms with E-state index >= 15 is 0 Å². The number of esters is 1.